The molecule has 0 unspecified atom stereocenters. The van der Waals surface area contributed by atoms with Crippen molar-refractivity contribution in [3.05, 3.63) is 62.7 Å². The van der Waals surface area contributed by atoms with Crippen LogP contribution in [0.2, 0.25) is 0 Å². The van der Waals surface area contributed by atoms with Crippen LogP contribution in [0.15, 0.2) is 47.4 Å². The van der Waals surface area contributed by atoms with Crippen molar-refractivity contribution in [3.63, 3.8) is 0 Å². The van der Waals surface area contributed by atoms with E-state index in [1.807, 2.05) is 0 Å². The fourth-order valence-corrected chi connectivity index (χ4v) is 4.53. The molecular weight excluding hydrogens is 388 g/mol. The topological polar surface area (TPSA) is 136 Å². The molecule has 11 heteroatoms. The Balaban J connectivity index is 1.83. The first kappa shape index (κ1) is 19.7. The van der Waals surface area contributed by atoms with Gasteiger partial charge in [0.2, 0.25) is 10.0 Å². The first-order chi connectivity index (χ1) is 13.3. The van der Waals surface area contributed by atoms with E-state index in [2.05, 4.69) is 5.32 Å². The minimum atomic E-state index is -3.57. The van der Waals surface area contributed by atoms with E-state index in [0.717, 1.165) is 31.4 Å². The van der Waals surface area contributed by atoms with Crippen molar-refractivity contribution >= 4 is 32.8 Å². The van der Waals surface area contributed by atoms with Gasteiger partial charge >= 0.3 is 0 Å². The van der Waals surface area contributed by atoms with E-state index in [4.69, 9.17) is 0 Å². The number of benzene rings is 2. The van der Waals surface area contributed by atoms with Crippen LogP contribution in [0.4, 0.5) is 22.7 Å². The van der Waals surface area contributed by atoms with E-state index in [-0.39, 0.29) is 16.3 Å². The van der Waals surface area contributed by atoms with Gasteiger partial charge in [0.15, 0.2) is 0 Å². The molecule has 28 heavy (non-hydrogen) atoms. The van der Waals surface area contributed by atoms with Crippen molar-refractivity contribution in [3.8, 4) is 0 Å². The van der Waals surface area contributed by atoms with Crippen LogP contribution in [0.3, 0.4) is 0 Å². The summed E-state index contributed by atoms with van der Waals surface area (Å²) in [5.74, 6) is 0. The average Bonchev–Trinajstić information content (AvgIpc) is 2.69. The van der Waals surface area contributed by atoms with Crippen LogP contribution < -0.4 is 5.32 Å². The van der Waals surface area contributed by atoms with E-state index >= 15 is 0 Å². The lowest BCUT2D eigenvalue weighted by molar-refractivity contribution is -0.393. The van der Waals surface area contributed by atoms with Crippen LogP contribution in [-0.4, -0.2) is 35.7 Å². The third-order valence-electron chi connectivity index (χ3n) is 4.47. The molecular formula is C17H18N4O6S. The number of sulfonamides is 1. The van der Waals surface area contributed by atoms with E-state index in [1.54, 1.807) is 0 Å². The molecule has 1 saturated heterocycles. The van der Waals surface area contributed by atoms with Crippen LogP contribution in [0.5, 0.6) is 0 Å². The highest BCUT2D eigenvalue weighted by Crippen LogP contribution is 2.32. The summed E-state index contributed by atoms with van der Waals surface area (Å²) in [7, 11) is -3.57. The number of nitrogens with zero attached hydrogens (tertiary/aromatic N) is 3. The summed E-state index contributed by atoms with van der Waals surface area (Å²) < 4.78 is 26.8. The van der Waals surface area contributed by atoms with Crippen molar-refractivity contribution in [2.45, 2.75) is 24.2 Å². The monoisotopic (exact) mass is 406 g/mol. The van der Waals surface area contributed by atoms with Gasteiger partial charge in [-0.2, -0.15) is 4.31 Å². The Hall–Kier alpha value is -3.05. The third-order valence-corrected chi connectivity index (χ3v) is 6.39. The normalized spacial score (nSPS) is 15.1. The van der Waals surface area contributed by atoms with Gasteiger partial charge in [-0.3, -0.25) is 20.2 Å². The van der Waals surface area contributed by atoms with Gasteiger partial charge in [-0.25, -0.2) is 8.42 Å². The molecule has 1 aliphatic rings. The predicted molar refractivity (Wildman–Crippen MR) is 102 cm³/mol. The molecule has 0 bridgehead atoms. The van der Waals surface area contributed by atoms with Crippen LogP contribution in [0, 0.1) is 20.2 Å². The Kier molecular flexibility index (Phi) is 5.56. The first-order valence-electron chi connectivity index (χ1n) is 8.59. The second kappa shape index (κ2) is 7.90. The highest BCUT2D eigenvalue weighted by atomic mass is 32.2. The van der Waals surface area contributed by atoms with Gasteiger partial charge in [-0.05, 0) is 43.2 Å². The van der Waals surface area contributed by atoms with Crippen molar-refractivity contribution in [1.29, 1.82) is 0 Å². The van der Waals surface area contributed by atoms with Crippen LogP contribution in [0.25, 0.3) is 0 Å². The van der Waals surface area contributed by atoms with Gasteiger partial charge < -0.3 is 5.32 Å². The highest BCUT2D eigenvalue weighted by Gasteiger charge is 2.26. The van der Waals surface area contributed by atoms with E-state index in [9.17, 15) is 28.6 Å². The SMILES string of the molecule is O=[N+]([O-])c1ccc(Nc2ccc(S(=O)(=O)N3CCCCC3)cc2)c([N+](=O)[O-])c1. The quantitative estimate of drug-likeness (QED) is 0.573. The Labute approximate surface area is 161 Å². The summed E-state index contributed by atoms with van der Waals surface area (Å²) in [4.78, 5) is 20.7. The smallest absolute Gasteiger partial charge is 0.299 e. The minimum absolute atomic E-state index is 0.0715. The zero-order valence-corrected chi connectivity index (χ0v) is 15.6. The molecule has 0 aromatic heterocycles. The zero-order valence-electron chi connectivity index (χ0n) is 14.8. The summed E-state index contributed by atoms with van der Waals surface area (Å²) >= 11 is 0. The maximum absolute atomic E-state index is 12.7. The number of non-ortho nitro benzene ring substituents is 1. The number of rotatable bonds is 6. The lowest BCUT2D eigenvalue weighted by Crippen LogP contribution is -2.35. The Morgan fingerprint density at radius 1 is 0.893 bits per heavy atom. The molecule has 2 aromatic rings. The maximum atomic E-state index is 12.7. The van der Waals surface area contributed by atoms with Crippen LogP contribution in [-0.2, 0) is 10.0 Å². The highest BCUT2D eigenvalue weighted by molar-refractivity contribution is 7.89. The van der Waals surface area contributed by atoms with Gasteiger partial charge in [0.25, 0.3) is 11.4 Å². The standard InChI is InChI=1S/C17H18N4O6S/c22-20(23)14-6-9-16(17(12-14)21(24)25)18-13-4-7-15(8-5-13)28(26,27)19-10-2-1-3-11-19/h4-9,12,18H,1-3,10-11H2. The molecule has 0 atom stereocenters. The summed E-state index contributed by atoms with van der Waals surface area (Å²) in [6, 6.07) is 9.15. The molecule has 0 radical (unpaired) electrons. The number of hydrogen-bond donors (Lipinski definition) is 1. The molecule has 0 saturated carbocycles. The molecule has 0 spiro atoms. The van der Waals surface area contributed by atoms with E-state index < -0.39 is 25.6 Å². The fraction of sp³-hybridized carbons (Fsp3) is 0.294. The average molecular weight is 406 g/mol. The second-order valence-electron chi connectivity index (χ2n) is 6.33. The molecule has 1 N–H and O–H groups in total. The lowest BCUT2D eigenvalue weighted by Gasteiger charge is -2.25. The Morgan fingerprint density at radius 3 is 2.11 bits per heavy atom. The Morgan fingerprint density at radius 2 is 1.54 bits per heavy atom. The molecule has 10 nitrogen and oxygen atoms in total. The lowest BCUT2D eigenvalue weighted by atomic mass is 10.2. The largest absolute Gasteiger partial charge is 0.350 e. The van der Waals surface area contributed by atoms with Crippen molar-refractivity contribution < 1.29 is 18.3 Å². The number of hydrogen-bond acceptors (Lipinski definition) is 7. The van der Waals surface area contributed by atoms with Crippen molar-refractivity contribution in [2.24, 2.45) is 0 Å². The third kappa shape index (κ3) is 4.10. The fourth-order valence-electron chi connectivity index (χ4n) is 3.01. The van der Waals surface area contributed by atoms with Gasteiger partial charge in [-0.1, -0.05) is 6.42 Å². The van der Waals surface area contributed by atoms with Gasteiger partial charge in [0, 0.05) is 24.8 Å². The Bertz CT molecular complexity index is 1000. The molecule has 1 heterocycles. The number of nitrogens with one attached hydrogen (secondary N) is 1. The van der Waals surface area contributed by atoms with Gasteiger partial charge in [-0.15, -0.1) is 0 Å². The van der Waals surface area contributed by atoms with Gasteiger partial charge in [0.1, 0.15) is 5.69 Å². The number of nitro groups is 2. The summed E-state index contributed by atoms with van der Waals surface area (Å²) in [6.07, 6.45) is 2.69. The number of anilines is 2. The maximum Gasteiger partial charge on any atom is 0.299 e. The molecule has 3 rings (SSSR count). The van der Waals surface area contributed by atoms with Crippen molar-refractivity contribution in [2.75, 3.05) is 18.4 Å². The molecule has 2 aromatic carbocycles. The molecule has 0 amide bonds. The summed E-state index contributed by atoms with van der Waals surface area (Å²) in [5.41, 5.74) is -0.337. The number of nitro benzene ring substituents is 2. The molecule has 148 valence electrons. The van der Waals surface area contributed by atoms with Gasteiger partial charge in [0.05, 0.1) is 20.8 Å². The van der Waals surface area contributed by atoms with Crippen LogP contribution >= 0.6 is 0 Å². The number of piperidine rings is 1. The molecule has 0 aliphatic carbocycles. The summed E-state index contributed by atoms with van der Waals surface area (Å²) in [5, 5.41) is 24.8. The second-order valence-corrected chi connectivity index (χ2v) is 8.27. The zero-order chi connectivity index (χ0) is 20.3. The van der Waals surface area contributed by atoms with Crippen molar-refractivity contribution in [1.82, 2.24) is 4.31 Å². The molecule has 1 fully saturated rings. The van der Waals surface area contributed by atoms with Crippen LogP contribution in [0.1, 0.15) is 19.3 Å². The minimum Gasteiger partial charge on any atom is -0.350 e. The summed E-state index contributed by atoms with van der Waals surface area (Å²) in [6.45, 7) is 0.995. The first-order valence-corrected chi connectivity index (χ1v) is 10.0. The van der Waals surface area contributed by atoms with E-state index in [0.29, 0.717) is 18.8 Å². The molecule has 1 aliphatic heterocycles. The van der Waals surface area contributed by atoms with E-state index in [1.165, 1.54) is 34.6 Å². The predicted octanol–water partition coefficient (Wildman–Crippen LogP) is 3.42.